The lowest BCUT2D eigenvalue weighted by atomic mass is 9.97. The number of carbonyl (C=O) groups is 1. The molecule has 0 aromatic heterocycles. The van der Waals surface area contributed by atoms with Crippen molar-refractivity contribution >= 4 is 21.6 Å². The minimum absolute atomic E-state index is 0.0426. The molecule has 180 valence electrons. The summed E-state index contributed by atoms with van der Waals surface area (Å²) in [5, 5.41) is 2.98. The van der Waals surface area contributed by atoms with Gasteiger partial charge in [0.05, 0.1) is 23.7 Å². The fourth-order valence-corrected chi connectivity index (χ4v) is 5.04. The van der Waals surface area contributed by atoms with Gasteiger partial charge < -0.3 is 10.1 Å². The average Bonchev–Trinajstić information content (AvgIpc) is 2.83. The van der Waals surface area contributed by atoms with Crippen molar-refractivity contribution in [3.8, 4) is 5.75 Å². The van der Waals surface area contributed by atoms with Crippen LogP contribution in [-0.2, 0) is 14.8 Å². The summed E-state index contributed by atoms with van der Waals surface area (Å²) in [4.78, 5) is 13.2. The Hall–Kier alpha value is -3.39. The monoisotopic (exact) mass is 484 g/mol. The quantitative estimate of drug-likeness (QED) is 0.443. The molecule has 1 N–H and O–H groups in total. The van der Waals surface area contributed by atoms with E-state index in [9.17, 15) is 17.6 Å². The molecule has 1 amide bonds. The van der Waals surface area contributed by atoms with E-state index in [0.717, 1.165) is 9.87 Å². The summed E-state index contributed by atoms with van der Waals surface area (Å²) < 4.78 is 46.5. The van der Waals surface area contributed by atoms with Crippen molar-refractivity contribution in [3.63, 3.8) is 0 Å². The number of anilines is 1. The summed E-state index contributed by atoms with van der Waals surface area (Å²) in [6.45, 7) is 3.65. The number of hydrogen-bond acceptors (Lipinski definition) is 4. The van der Waals surface area contributed by atoms with Crippen molar-refractivity contribution in [2.45, 2.75) is 31.2 Å². The lowest BCUT2D eigenvalue weighted by molar-refractivity contribution is -0.120. The third-order valence-corrected chi connectivity index (χ3v) is 7.08. The molecule has 0 bridgehead atoms. The Kier molecular flexibility index (Phi) is 8.28. The lowest BCUT2D eigenvalue weighted by Gasteiger charge is -2.26. The molecule has 0 radical (unpaired) electrons. The molecule has 3 rings (SSSR count). The van der Waals surface area contributed by atoms with Crippen molar-refractivity contribution in [1.29, 1.82) is 0 Å². The summed E-state index contributed by atoms with van der Waals surface area (Å²) in [7, 11) is -2.48. The highest BCUT2D eigenvalue weighted by atomic mass is 32.2. The van der Waals surface area contributed by atoms with Gasteiger partial charge in [-0.3, -0.25) is 9.10 Å². The van der Waals surface area contributed by atoms with Crippen LogP contribution in [0.4, 0.5) is 10.1 Å². The molecule has 3 aromatic carbocycles. The van der Waals surface area contributed by atoms with Gasteiger partial charge in [-0.2, -0.15) is 0 Å². The van der Waals surface area contributed by atoms with Gasteiger partial charge in [-0.15, -0.1) is 0 Å². The fraction of sp³-hybridized carbons (Fsp3) is 0.269. The number of halogens is 1. The largest absolute Gasteiger partial charge is 0.497 e. The Balaban J connectivity index is 1.89. The SMILES string of the molecule is COc1ccc(C(CC(C)C)NC(=O)CN(c2ccc(F)cc2)S(=O)(=O)c2ccccc2)cc1. The van der Waals surface area contributed by atoms with Crippen molar-refractivity contribution in [3.05, 3.63) is 90.2 Å². The molecule has 3 aromatic rings. The summed E-state index contributed by atoms with van der Waals surface area (Å²) in [6.07, 6.45) is 0.667. The van der Waals surface area contributed by atoms with Crippen LogP contribution >= 0.6 is 0 Å². The van der Waals surface area contributed by atoms with Gasteiger partial charge in [0, 0.05) is 0 Å². The van der Waals surface area contributed by atoms with E-state index < -0.39 is 28.3 Å². The number of amides is 1. The molecule has 34 heavy (non-hydrogen) atoms. The molecule has 0 spiro atoms. The third-order valence-electron chi connectivity index (χ3n) is 5.29. The number of ether oxygens (including phenoxy) is 1. The maximum absolute atomic E-state index is 13.5. The topological polar surface area (TPSA) is 75.7 Å². The molecule has 0 fully saturated rings. The number of methoxy groups -OCH3 is 1. The van der Waals surface area contributed by atoms with Crippen LogP contribution in [0.5, 0.6) is 5.75 Å². The molecule has 8 heteroatoms. The van der Waals surface area contributed by atoms with Gasteiger partial charge in [-0.1, -0.05) is 44.2 Å². The van der Waals surface area contributed by atoms with Crippen molar-refractivity contribution in [2.75, 3.05) is 18.0 Å². The average molecular weight is 485 g/mol. The molecule has 0 saturated carbocycles. The Morgan fingerprint density at radius 2 is 1.59 bits per heavy atom. The van der Waals surface area contributed by atoms with E-state index in [1.807, 2.05) is 38.1 Å². The van der Waals surface area contributed by atoms with Gasteiger partial charge in [-0.05, 0) is 66.4 Å². The number of rotatable bonds is 10. The summed E-state index contributed by atoms with van der Waals surface area (Å²) in [5.41, 5.74) is 1.09. The van der Waals surface area contributed by atoms with Crippen LogP contribution in [-0.4, -0.2) is 28.0 Å². The summed E-state index contributed by atoms with van der Waals surface area (Å²) in [5.74, 6) is 0.0236. The van der Waals surface area contributed by atoms with E-state index in [1.54, 1.807) is 25.3 Å². The van der Waals surface area contributed by atoms with Crippen LogP contribution in [0.3, 0.4) is 0 Å². The van der Waals surface area contributed by atoms with Crippen molar-refractivity contribution < 1.29 is 22.3 Å². The van der Waals surface area contributed by atoms with Gasteiger partial charge in [0.25, 0.3) is 10.0 Å². The number of nitrogens with zero attached hydrogens (tertiary/aromatic N) is 1. The van der Waals surface area contributed by atoms with Crippen LogP contribution < -0.4 is 14.4 Å². The molecule has 0 aliphatic rings. The second kappa shape index (κ2) is 11.2. The van der Waals surface area contributed by atoms with E-state index in [-0.39, 0.29) is 22.5 Å². The smallest absolute Gasteiger partial charge is 0.264 e. The number of benzene rings is 3. The van der Waals surface area contributed by atoms with Gasteiger partial charge >= 0.3 is 0 Å². The number of sulfonamides is 1. The van der Waals surface area contributed by atoms with Gasteiger partial charge in [0.15, 0.2) is 0 Å². The Morgan fingerprint density at radius 1 is 0.971 bits per heavy atom. The van der Waals surface area contributed by atoms with E-state index in [1.165, 1.54) is 36.4 Å². The van der Waals surface area contributed by atoms with Crippen LogP contribution in [0.2, 0.25) is 0 Å². The zero-order valence-electron chi connectivity index (χ0n) is 19.4. The van der Waals surface area contributed by atoms with Crippen molar-refractivity contribution in [2.24, 2.45) is 5.92 Å². The first-order valence-electron chi connectivity index (χ1n) is 11.0. The predicted molar refractivity (Wildman–Crippen MR) is 131 cm³/mol. The van der Waals surface area contributed by atoms with Gasteiger partial charge in [0.1, 0.15) is 18.1 Å². The molecule has 1 unspecified atom stereocenters. The first-order chi connectivity index (χ1) is 16.2. The van der Waals surface area contributed by atoms with Crippen LogP contribution in [0.15, 0.2) is 83.8 Å². The van der Waals surface area contributed by atoms with Crippen LogP contribution in [0.25, 0.3) is 0 Å². The van der Waals surface area contributed by atoms with Gasteiger partial charge in [-0.25, -0.2) is 12.8 Å². The molecular weight excluding hydrogens is 455 g/mol. The maximum atomic E-state index is 13.5. The molecule has 0 heterocycles. The second-order valence-corrected chi connectivity index (χ2v) is 10.2. The highest BCUT2D eigenvalue weighted by molar-refractivity contribution is 7.92. The highest BCUT2D eigenvalue weighted by Gasteiger charge is 2.28. The molecule has 0 aliphatic carbocycles. The summed E-state index contributed by atoms with van der Waals surface area (Å²) >= 11 is 0. The third kappa shape index (κ3) is 6.35. The Labute approximate surface area is 200 Å². The van der Waals surface area contributed by atoms with Gasteiger partial charge in [0.2, 0.25) is 5.91 Å². The van der Waals surface area contributed by atoms with E-state index in [2.05, 4.69) is 5.32 Å². The minimum atomic E-state index is -4.06. The predicted octanol–water partition coefficient (Wildman–Crippen LogP) is 4.93. The highest BCUT2D eigenvalue weighted by Crippen LogP contribution is 2.26. The standard InChI is InChI=1S/C26H29FN2O4S/c1-19(2)17-25(20-9-15-23(33-3)16-10-20)28-26(30)18-29(22-13-11-21(27)12-14-22)34(31,32)24-7-5-4-6-8-24/h4-16,19,25H,17-18H2,1-3H3,(H,28,30). The zero-order valence-corrected chi connectivity index (χ0v) is 20.3. The van der Waals surface area contributed by atoms with E-state index in [0.29, 0.717) is 12.2 Å². The first kappa shape index (κ1) is 25.2. The summed E-state index contributed by atoms with van der Waals surface area (Å²) in [6, 6.07) is 20.0. The first-order valence-corrected chi connectivity index (χ1v) is 12.4. The Bertz CT molecular complexity index is 1180. The zero-order chi connectivity index (χ0) is 24.7. The molecule has 6 nitrogen and oxygen atoms in total. The number of nitrogens with one attached hydrogen (secondary N) is 1. The second-order valence-electron chi connectivity index (χ2n) is 8.32. The molecule has 1 atom stereocenters. The molecule has 0 aliphatic heterocycles. The number of hydrogen-bond donors (Lipinski definition) is 1. The van der Waals surface area contributed by atoms with Crippen LogP contribution in [0.1, 0.15) is 31.9 Å². The molecule has 0 saturated heterocycles. The molecular formula is C26H29FN2O4S. The fourth-order valence-electron chi connectivity index (χ4n) is 3.60. The normalized spacial score (nSPS) is 12.3. The maximum Gasteiger partial charge on any atom is 0.264 e. The lowest BCUT2D eigenvalue weighted by Crippen LogP contribution is -2.42. The van der Waals surface area contributed by atoms with Crippen LogP contribution in [0, 0.1) is 11.7 Å². The Morgan fingerprint density at radius 3 is 2.15 bits per heavy atom. The van der Waals surface area contributed by atoms with E-state index >= 15 is 0 Å². The van der Waals surface area contributed by atoms with E-state index in [4.69, 9.17) is 4.74 Å². The minimum Gasteiger partial charge on any atom is -0.497 e. The number of carbonyl (C=O) groups excluding carboxylic acids is 1. The van der Waals surface area contributed by atoms with Crippen molar-refractivity contribution in [1.82, 2.24) is 5.32 Å².